The van der Waals surface area contributed by atoms with Gasteiger partial charge in [0.15, 0.2) is 0 Å². The number of nitrogens with two attached hydrogens (primary N) is 1. The molecule has 0 aliphatic rings. The van der Waals surface area contributed by atoms with Crippen molar-refractivity contribution in [3.05, 3.63) is 22.6 Å². The van der Waals surface area contributed by atoms with Crippen LogP contribution in [0.2, 0.25) is 0 Å². The maximum atomic E-state index is 6.12. The van der Waals surface area contributed by atoms with E-state index in [4.69, 9.17) is 5.73 Å². The van der Waals surface area contributed by atoms with Crippen LogP contribution in [-0.4, -0.2) is 19.6 Å². The second kappa shape index (κ2) is 5.19. The summed E-state index contributed by atoms with van der Waals surface area (Å²) in [6, 6.07) is 0.268. The summed E-state index contributed by atoms with van der Waals surface area (Å²) in [6.45, 7) is 10.9. The Labute approximate surface area is 120 Å². The van der Waals surface area contributed by atoms with E-state index < -0.39 is 0 Å². The van der Waals surface area contributed by atoms with Crippen LogP contribution >= 0.6 is 0 Å². The molecule has 110 valence electrons. The molecule has 20 heavy (non-hydrogen) atoms. The van der Waals surface area contributed by atoms with Gasteiger partial charge in [0.1, 0.15) is 5.82 Å². The van der Waals surface area contributed by atoms with Crippen molar-refractivity contribution in [2.75, 3.05) is 11.1 Å². The lowest BCUT2D eigenvalue weighted by molar-refractivity contribution is 0.534. The smallest absolute Gasteiger partial charge is 0.148 e. The molecule has 0 amide bonds. The standard InChI is InChI=1S/C14H24N6/c1-8(2)20-14(13(15)10(4)18-20)16-7-12-9(3)17-19(6)11(12)5/h8,16H,7,15H2,1-6H3. The number of nitrogens with one attached hydrogen (secondary N) is 1. The van der Waals surface area contributed by atoms with Crippen LogP contribution in [0, 0.1) is 20.8 Å². The third-order valence-corrected chi connectivity index (χ3v) is 3.71. The number of nitrogens with zero attached hydrogens (tertiary/aromatic N) is 4. The van der Waals surface area contributed by atoms with Crippen molar-refractivity contribution in [2.24, 2.45) is 7.05 Å². The van der Waals surface area contributed by atoms with Crippen LogP contribution in [0.4, 0.5) is 11.5 Å². The quantitative estimate of drug-likeness (QED) is 0.898. The Bertz CT molecular complexity index is 620. The molecular weight excluding hydrogens is 252 g/mol. The Balaban J connectivity index is 2.27. The molecule has 6 heteroatoms. The van der Waals surface area contributed by atoms with Crippen molar-refractivity contribution in [3.63, 3.8) is 0 Å². The number of aromatic nitrogens is 4. The molecule has 3 N–H and O–H groups in total. The summed E-state index contributed by atoms with van der Waals surface area (Å²) in [5.74, 6) is 0.889. The van der Waals surface area contributed by atoms with E-state index in [2.05, 4.69) is 36.3 Å². The molecule has 2 aromatic heterocycles. The van der Waals surface area contributed by atoms with Gasteiger partial charge in [0, 0.05) is 30.9 Å². The summed E-state index contributed by atoms with van der Waals surface area (Å²) in [7, 11) is 1.96. The lowest BCUT2D eigenvalue weighted by atomic mass is 10.2. The highest BCUT2D eigenvalue weighted by Gasteiger charge is 2.16. The van der Waals surface area contributed by atoms with E-state index in [0.29, 0.717) is 6.54 Å². The van der Waals surface area contributed by atoms with Gasteiger partial charge in [0.25, 0.3) is 0 Å². The highest BCUT2D eigenvalue weighted by Crippen LogP contribution is 2.26. The summed E-state index contributed by atoms with van der Waals surface area (Å²) in [6.07, 6.45) is 0. The van der Waals surface area contributed by atoms with Crippen LogP contribution in [0.3, 0.4) is 0 Å². The Morgan fingerprint density at radius 1 is 1.15 bits per heavy atom. The maximum absolute atomic E-state index is 6.12. The van der Waals surface area contributed by atoms with Crippen molar-refractivity contribution in [2.45, 2.75) is 47.2 Å². The fourth-order valence-electron chi connectivity index (χ4n) is 2.36. The molecule has 2 aromatic rings. The lowest BCUT2D eigenvalue weighted by Gasteiger charge is -2.13. The molecule has 0 atom stereocenters. The predicted octanol–water partition coefficient (Wildman–Crippen LogP) is 2.32. The van der Waals surface area contributed by atoms with E-state index in [1.165, 1.54) is 11.3 Å². The molecule has 0 bridgehead atoms. The normalized spacial score (nSPS) is 11.3. The molecular formula is C14H24N6. The van der Waals surface area contributed by atoms with Gasteiger partial charge in [-0.3, -0.25) is 4.68 Å². The highest BCUT2D eigenvalue weighted by molar-refractivity contribution is 5.65. The van der Waals surface area contributed by atoms with E-state index >= 15 is 0 Å². The van der Waals surface area contributed by atoms with Gasteiger partial charge in [-0.15, -0.1) is 0 Å². The zero-order valence-electron chi connectivity index (χ0n) is 13.2. The fourth-order valence-corrected chi connectivity index (χ4v) is 2.36. The van der Waals surface area contributed by atoms with E-state index in [1.807, 2.05) is 30.3 Å². The second-order valence-electron chi connectivity index (χ2n) is 5.51. The van der Waals surface area contributed by atoms with Crippen LogP contribution in [0.1, 0.15) is 42.5 Å². The number of aryl methyl sites for hydroxylation is 3. The van der Waals surface area contributed by atoms with Gasteiger partial charge in [-0.05, 0) is 34.6 Å². The number of hydrogen-bond donors (Lipinski definition) is 2. The van der Waals surface area contributed by atoms with Crippen molar-refractivity contribution < 1.29 is 0 Å². The van der Waals surface area contributed by atoms with Crippen LogP contribution in [0.25, 0.3) is 0 Å². The zero-order valence-corrected chi connectivity index (χ0v) is 13.2. The molecule has 0 aliphatic heterocycles. The lowest BCUT2D eigenvalue weighted by Crippen LogP contribution is -2.11. The minimum absolute atomic E-state index is 0.268. The number of anilines is 2. The summed E-state index contributed by atoms with van der Waals surface area (Å²) >= 11 is 0. The number of hydrogen-bond acceptors (Lipinski definition) is 4. The number of nitrogen functional groups attached to an aromatic ring is 1. The van der Waals surface area contributed by atoms with Gasteiger partial charge < -0.3 is 11.1 Å². The first-order valence-electron chi connectivity index (χ1n) is 6.90. The monoisotopic (exact) mass is 276 g/mol. The molecule has 0 radical (unpaired) electrons. The van der Waals surface area contributed by atoms with Crippen LogP contribution in [-0.2, 0) is 13.6 Å². The van der Waals surface area contributed by atoms with E-state index in [-0.39, 0.29) is 6.04 Å². The van der Waals surface area contributed by atoms with Gasteiger partial charge in [0.05, 0.1) is 17.1 Å². The molecule has 2 heterocycles. The van der Waals surface area contributed by atoms with Gasteiger partial charge >= 0.3 is 0 Å². The van der Waals surface area contributed by atoms with Crippen LogP contribution in [0.5, 0.6) is 0 Å². The Morgan fingerprint density at radius 2 is 1.80 bits per heavy atom. The van der Waals surface area contributed by atoms with Gasteiger partial charge in [-0.25, -0.2) is 4.68 Å². The van der Waals surface area contributed by atoms with Crippen LogP contribution in [0.15, 0.2) is 0 Å². The largest absolute Gasteiger partial charge is 0.394 e. The minimum Gasteiger partial charge on any atom is -0.394 e. The van der Waals surface area contributed by atoms with Crippen molar-refractivity contribution >= 4 is 11.5 Å². The van der Waals surface area contributed by atoms with Crippen molar-refractivity contribution in [3.8, 4) is 0 Å². The molecule has 0 spiro atoms. The Hall–Kier alpha value is -1.98. The fraction of sp³-hybridized carbons (Fsp3) is 0.571. The molecule has 0 saturated heterocycles. The number of rotatable bonds is 4. The average molecular weight is 276 g/mol. The summed E-state index contributed by atoms with van der Waals surface area (Å²) in [5.41, 5.74) is 11.1. The van der Waals surface area contributed by atoms with Gasteiger partial charge in [-0.1, -0.05) is 0 Å². The van der Waals surface area contributed by atoms with Gasteiger partial charge in [-0.2, -0.15) is 10.2 Å². The van der Waals surface area contributed by atoms with E-state index in [1.54, 1.807) is 0 Å². The first-order chi connectivity index (χ1) is 9.32. The zero-order chi connectivity index (χ0) is 15.0. The average Bonchev–Trinajstić information content (AvgIpc) is 2.78. The third kappa shape index (κ3) is 2.37. The summed E-state index contributed by atoms with van der Waals surface area (Å²) in [5, 5.41) is 12.3. The minimum atomic E-state index is 0.268. The molecule has 2 rings (SSSR count). The Kier molecular flexibility index (Phi) is 3.74. The molecule has 0 unspecified atom stereocenters. The van der Waals surface area contributed by atoms with Crippen LogP contribution < -0.4 is 11.1 Å². The van der Waals surface area contributed by atoms with Gasteiger partial charge in [0.2, 0.25) is 0 Å². The summed E-state index contributed by atoms with van der Waals surface area (Å²) < 4.78 is 3.84. The van der Waals surface area contributed by atoms with E-state index in [9.17, 15) is 0 Å². The van der Waals surface area contributed by atoms with Crippen molar-refractivity contribution in [1.82, 2.24) is 19.6 Å². The summed E-state index contributed by atoms with van der Waals surface area (Å²) in [4.78, 5) is 0. The molecule has 0 fully saturated rings. The topological polar surface area (TPSA) is 73.7 Å². The van der Waals surface area contributed by atoms with E-state index in [0.717, 1.165) is 22.9 Å². The SMILES string of the molecule is Cc1nn(C(C)C)c(NCc2c(C)nn(C)c2C)c1N. The second-order valence-corrected chi connectivity index (χ2v) is 5.51. The highest BCUT2D eigenvalue weighted by atomic mass is 15.4. The predicted molar refractivity (Wildman–Crippen MR) is 81.8 cm³/mol. The maximum Gasteiger partial charge on any atom is 0.148 e. The molecule has 6 nitrogen and oxygen atoms in total. The first kappa shape index (κ1) is 14.4. The third-order valence-electron chi connectivity index (χ3n) is 3.71. The molecule has 0 saturated carbocycles. The first-order valence-corrected chi connectivity index (χ1v) is 6.90. The van der Waals surface area contributed by atoms with Crippen molar-refractivity contribution in [1.29, 1.82) is 0 Å². The molecule has 0 aromatic carbocycles. The Morgan fingerprint density at radius 3 is 2.30 bits per heavy atom. The molecule has 0 aliphatic carbocycles.